The van der Waals surface area contributed by atoms with E-state index >= 15 is 0 Å². The molecule has 1 aromatic heterocycles. The first-order valence-electron chi connectivity index (χ1n) is 5.94. The molecule has 4 heteroatoms. The van der Waals surface area contributed by atoms with Gasteiger partial charge in [0.05, 0.1) is 18.2 Å². The average molecular weight is 240 g/mol. The highest BCUT2D eigenvalue weighted by Crippen LogP contribution is 2.17. The molecule has 0 radical (unpaired) electrons. The highest BCUT2D eigenvalue weighted by molar-refractivity contribution is 5.54. The first-order valence-corrected chi connectivity index (χ1v) is 5.94. The van der Waals surface area contributed by atoms with E-state index in [1.807, 2.05) is 42.1 Å². The van der Waals surface area contributed by atoms with Crippen LogP contribution in [0.15, 0.2) is 36.7 Å². The molecule has 0 aliphatic heterocycles. The second-order valence-corrected chi connectivity index (χ2v) is 4.41. The first kappa shape index (κ1) is 12.2. The molecule has 0 aliphatic carbocycles. The summed E-state index contributed by atoms with van der Waals surface area (Å²) >= 11 is 0. The smallest absolute Gasteiger partial charge is 0.0991 e. The summed E-state index contributed by atoms with van der Waals surface area (Å²) in [4.78, 5) is 0. The monoisotopic (exact) mass is 240 g/mol. The van der Waals surface area contributed by atoms with Crippen molar-refractivity contribution in [2.75, 3.05) is 5.32 Å². The lowest BCUT2D eigenvalue weighted by molar-refractivity contribution is 0.560. The second-order valence-electron chi connectivity index (χ2n) is 4.41. The predicted molar refractivity (Wildman–Crippen MR) is 71.2 cm³/mol. The highest BCUT2D eigenvalue weighted by atomic mass is 15.3. The lowest BCUT2D eigenvalue weighted by atomic mass is 10.1. The number of rotatable bonds is 4. The molecule has 1 aromatic carbocycles. The third-order valence-electron chi connectivity index (χ3n) is 2.78. The van der Waals surface area contributed by atoms with Crippen LogP contribution in [0.1, 0.15) is 18.1 Å². The number of hydrogen-bond acceptors (Lipinski definition) is 3. The second kappa shape index (κ2) is 5.37. The van der Waals surface area contributed by atoms with E-state index in [2.05, 4.69) is 23.4 Å². The maximum atomic E-state index is 8.82. The van der Waals surface area contributed by atoms with Gasteiger partial charge in [0.25, 0.3) is 0 Å². The molecule has 0 fully saturated rings. The number of nitrogens with one attached hydrogen (secondary N) is 1. The Labute approximate surface area is 107 Å². The molecule has 1 unspecified atom stereocenters. The molecule has 1 N–H and O–H groups in total. The number of nitrogens with zero attached hydrogens (tertiary/aromatic N) is 3. The minimum atomic E-state index is 0.275. The van der Waals surface area contributed by atoms with Crippen LogP contribution in [-0.2, 0) is 6.54 Å². The van der Waals surface area contributed by atoms with Crippen LogP contribution in [0.25, 0.3) is 0 Å². The molecule has 92 valence electrons. The first-order chi connectivity index (χ1) is 8.69. The Bertz CT molecular complexity index is 552. The molecule has 18 heavy (non-hydrogen) atoms. The van der Waals surface area contributed by atoms with Gasteiger partial charge in [-0.15, -0.1) is 0 Å². The lowest BCUT2D eigenvalue weighted by Gasteiger charge is -2.17. The zero-order valence-corrected chi connectivity index (χ0v) is 10.6. The standard InChI is InChI=1S/C14H16N4/c1-11-8-13(9-15)4-5-14(11)17-12(2)10-18-7-3-6-16-18/h3-8,12,17H,10H2,1-2H3. The van der Waals surface area contributed by atoms with Gasteiger partial charge in [-0.05, 0) is 43.7 Å². The van der Waals surface area contributed by atoms with Crippen LogP contribution >= 0.6 is 0 Å². The predicted octanol–water partition coefficient (Wildman–Crippen LogP) is 2.56. The maximum Gasteiger partial charge on any atom is 0.0991 e. The van der Waals surface area contributed by atoms with Gasteiger partial charge >= 0.3 is 0 Å². The number of aryl methyl sites for hydroxylation is 1. The van der Waals surface area contributed by atoms with Gasteiger partial charge in [0.2, 0.25) is 0 Å². The molecule has 4 nitrogen and oxygen atoms in total. The molecule has 0 saturated heterocycles. The molecule has 0 saturated carbocycles. The summed E-state index contributed by atoms with van der Waals surface area (Å²) in [6, 6.07) is 10.0. The van der Waals surface area contributed by atoms with Gasteiger partial charge in [-0.2, -0.15) is 10.4 Å². The summed E-state index contributed by atoms with van der Waals surface area (Å²) in [6.45, 7) is 4.93. The van der Waals surface area contributed by atoms with E-state index < -0.39 is 0 Å². The molecular weight excluding hydrogens is 224 g/mol. The van der Waals surface area contributed by atoms with Gasteiger partial charge in [0.15, 0.2) is 0 Å². The summed E-state index contributed by atoms with van der Waals surface area (Å²) in [6.07, 6.45) is 3.73. The van der Waals surface area contributed by atoms with Crippen LogP contribution < -0.4 is 5.32 Å². The maximum absolute atomic E-state index is 8.82. The van der Waals surface area contributed by atoms with Crippen LogP contribution in [0.2, 0.25) is 0 Å². The van der Waals surface area contributed by atoms with Crippen molar-refractivity contribution in [1.29, 1.82) is 5.26 Å². The minimum Gasteiger partial charge on any atom is -0.381 e. The highest BCUT2D eigenvalue weighted by Gasteiger charge is 2.05. The van der Waals surface area contributed by atoms with Gasteiger partial charge in [0, 0.05) is 24.1 Å². The SMILES string of the molecule is Cc1cc(C#N)ccc1NC(C)Cn1cccn1. The molecule has 0 bridgehead atoms. The van der Waals surface area contributed by atoms with E-state index in [1.54, 1.807) is 6.20 Å². The van der Waals surface area contributed by atoms with E-state index in [-0.39, 0.29) is 6.04 Å². The number of benzene rings is 1. The van der Waals surface area contributed by atoms with Crippen LogP contribution in [0.5, 0.6) is 0 Å². The Morgan fingerprint density at radius 3 is 2.94 bits per heavy atom. The van der Waals surface area contributed by atoms with E-state index in [4.69, 9.17) is 5.26 Å². The summed E-state index contributed by atoms with van der Waals surface area (Å²) in [5, 5.41) is 16.4. The van der Waals surface area contributed by atoms with Crippen molar-refractivity contribution in [2.45, 2.75) is 26.4 Å². The van der Waals surface area contributed by atoms with Gasteiger partial charge in [-0.1, -0.05) is 0 Å². The van der Waals surface area contributed by atoms with E-state index in [0.717, 1.165) is 17.8 Å². The third-order valence-corrected chi connectivity index (χ3v) is 2.78. The summed E-state index contributed by atoms with van der Waals surface area (Å²) in [5.41, 5.74) is 2.84. The summed E-state index contributed by atoms with van der Waals surface area (Å²) in [5.74, 6) is 0. The Hall–Kier alpha value is -2.28. The fraction of sp³-hybridized carbons (Fsp3) is 0.286. The van der Waals surface area contributed by atoms with Crippen molar-refractivity contribution in [1.82, 2.24) is 9.78 Å². The van der Waals surface area contributed by atoms with Crippen molar-refractivity contribution in [3.8, 4) is 6.07 Å². The van der Waals surface area contributed by atoms with E-state index in [1.165, 1.54) is 0 Å². The van der Waals surface area contributed by atoms with Crippen molar-refractivity contribution in [3.63, 3.8) is 0 Å². The van der Waals surface area contributed by atoms with Gasteiger partial charge in [-0.3, -0.25) is 4.68 Å². The van der Waals surface area contributed by atoms with Crippen molar-refractivity contribution in [2.24, 2.45) is 0 Å². The topological polar surface area (TPSA) is 53.6 Å². The van der Waals surface area contributed by atoms with Crippen molar-refractivity contribution < 1.29 is 0 Å². The van der Waals surface area contributed by atoms with E-state index in [9.17, 15) is 0 Å². The van der Waals surface area contributed by atoms with Crippen molar-refractivity contribution >= 4 is 5.69 Å². The van der Waals surface area contributed by atoms with Crippen LogP contribution in [0.4, 0.5) is 5.69 Å². The summed E-state index contributed by atoms with van der Waals surface area (Å²) < 4.78 is 1.90. The normalized spacial score (nSPS) is 11.8. The number of aromatic nitrogens is 2. The number of nitriles is 1. The van der Waals surface area contributed by atoms with Crippen LogP contribution in [-0.4, -0.2) is 15.8 Å². The molecule has 0 aliphatic rings. The Balaban J connectivity index is 2.03. The Morgan fingerprint density at radius 1 is 1.50 bits per heavy atom. The lowest BCUT2D eigenvalue weighted by Crippen LogP contribution is -2.22. The molecule has 0 spiro atoms. The zero-order chi connectivity index (χ0) is 13.0. The number of hydrogen-bond donors (Lipinski definition) is 1. The van der Waals surface area contributed by atoms with E-state index in [0.29, 0.717) is 5.56 Å². The summed E-state index contributed by atoms with van der Waals surface area (Å²) in [7, 11) is 0. The third kappa shape index (κ3) is 2.89. The molecule has 2 aromatic rings. The van der Waals surface area contributed by atoms with Gasteiger partial charge < -0.3 is 5.32 Å². The molecule has 2 rings (SSSR count). The average Bonchev–Trinajstić information content (AvgIpc) is 2.84. The Kier molecular flexibility index (Phi) is 3.63. The largest absolute Gasteiger partial charge is 0.381 e. The van der Waals surface area contributed by atoms with Gasteiger partial charge in [-0.25, -0.2) is 0 Å². The zero-order valence-electron chi connectivity index (χ0n) is 10.6. The van der Waals surface area contributed by atoms with Crippen LogP contribution in [0.3, 0.4) is 0 Å². The quantitative estimate of drug-likeness (QED) is 0.893. The van der Waals surface area contributed by atoms with Crippen molar-refractivity contribution in [3.05, 3.63) is 47.8 Å². The fourth-order valence-electron chi connectivity index (χ4n) is 1.90. The van der Waals surface area contributed by atoms with Gasteiger partial charge in [0.1, 0.15) is 0 Å². The molecular formula is C14H16N4. The molecule has 0 amide bonds. The Morgan fingerprint density at radius 2 is 2.33 bits per heavy atom. The number of anilines is 1. The minimum absolute atomic E-state index is 0.275. The fourth-order valence-corrected chi connectivity index (χ4v) is 1.90. The molecule has 1 atom stereocenters. The van der Waals surface area contributed by atoms with Crippen LogP contribution in [0, 0.1) is 18.3 Å². The molecule has 1 heterocycles.